The third kappa shape index (κ3) is 5.88. The van der Waals surface area contributed by atoms with Crippen LogP contribution in [0.4, 0.5) is 0 Å². The van der Waals surface area contributed by atoms with E-state index >= 15 is 0 Å². The van der Waals surface area contributed by atoms with E-state index in [1.807, 2.05) is 0 Å². The number of carbonyl (C=O) groups excluding carboxylic acids is 1. The van der Waals surface area contributed by atoms with Crippen molar-refractivity contribution in [3.05, 3.63) is 35.4 Å². The maximum absolute atomic E-state index is 12.3. The fourth-order valence-electron chi connectivity index (χ4n) is 2.44. The van der Waals surface area contributed by atoms with Gasteiger partial charge in [0.1, 0.15) is 6.10 Å². The Kier molecular flexibility index (Phi) is 7.64. The lowest BCUT2D eigenvalue weighted by atomic mass is 10.0. The highest BCUT2D eigenvalue weighted by Crippen LogP contribution is 2.19. The van der Waals surface area contributed by atoms with Gasteiger partial charge in [-0.05, 0) is 37.3 Å². The lowest BCUT2D eigenvalue weighted by molar-refractivity contribution is 0.0221. The number of benzene rings is 1. The van der Waals surface area contributed by atoms with Gasteiger partial charge in [-0.15, -0.1) is 0 Å². The molecule has 1 aromatic carbocycles. The maximum atomic E-state index is 12.3. The summed E-state index contributed by atoms with van der Waals surface area (Å²) in [6.45, 7) is 6.31. The first-order valence-electron chi connectivity index (χ1n) is 7.99. The van der Waals surface area contributed by atoms with Crippen LogP contribution in [0.3, 0.4) is 0 Å². The Morgan fingerprint density at radius 2 is 1.77 bits per heavy atom. The van der Waals surface area contributed by atoms with E-state index in [1.165, 1.54) is 12.1 Å². The van der Waals surface area contributed by atoms with Crippen LogP contribution in [0.5, 0.6) is 0 Å². The molecule has 1 atom stereocenters. The molecule has 0 unspecified atom stereocenters. The second-order valence-electron chi connectivity index (χ2n) is 6.00. The molecule has 4 nitrogen and oxygen atoms in total. The van der Waals surface area contributed by atoms with Gasteiger partial charge in [0.25, 0.3) is 0 Å². The molecule has 0 amide bonds. The Hall–Kier alpha value is -1.84. The summed E-state index contributed by atoms with van der Waals surface area (Å²) in [4.78, 5) is 23.5. The summed E-state index contributed by atoms with van der Waals surface area (Å²) in [6.07, 6.45) is 4.71. The predicted molar refractivity (Wildman–Crippen MR) is 86.2 cm³/mol. The molecule has 4 heteroatoms. The molecule has 122 valence electrons. The second kappa shape index (κ2) is 9.23. The number of esters is 1. The number of aromatic carboxylic acids is 1. The van der Waals surface area contributed by atoms with Crippen LogP contribution in [0.2, 0.25) is 0 Å². The van der Waals surface area contributed by atoms with Crippen molar-refractivity contribution in [1.82, 2.24) is 0 Å². The van der Waals surface area contributed by atoms with Gasteiger partial charge < -0.3 is 9.84 Å². The average molecular weight is 306 g/mol. The van der Waals surface area contributed by atoms with Gasteiger partial charge in [-0.25, -0.2) is 9.59 Å². The summed E-state index contributed by atoms with van der Waals surface area (Å²) in [6, 6.07) is 6.18. The van der Waals surface area contributed by atoms with E-state index in [0.717, 1.165) is 32.1 Å². The van der Waals surface area contributed by atoms with Crippen LogP contribution < -0.4 is 0 Å². The molecule has 0 bridgehead atoms. The summed E-state index contributed by atoms with van der Waals surface area (Å²) in [5, 5.41) is 9.16. The number of carboxylic acids is 1. The van der Waals surface area contributed by atoms with E-state index in [1.54, 1.807) is 12.1 Å². The molecule has 1 rings (SSSR count). The lowest BCUT2D eigenvalue weighted by Gasteiger charge is -2.20. The van der Waals surface area contributed by atoms with Crippen LogP contribution in [0, 0.1) is 5.92 Å². The van der Waals surface area contributed by atoms with Crippen molar-refractivity contribution in [1.29, 1.82) is 0 Å². The van der Waals surface area contributed by atoms with E-state index in [-0.39, 0.29) is 17.2 Å². The molecule has 0 aliphatic carbocycles. The fourth-order valence-corrected chi connectivity index (χ4v) is 2.44. The third-order valence-electron chi connectivity index (χ3n) is 3.52. The van der Waals surface area contributed by atoms with Crippen LogP contribution in [0.1, 0.15) is 73.6 Å². The molecule has 0 fully saturated rings. The van der Waals surface area contributed by atoms with Gasteiger partial charge in [-0.2, -0.15) is 0 Å². The molecule has 1 aromatic rings. The highest BCUT2D eigenvalue weighted by molar-refractivity contribution is 6.02. The molecule has 0 heterocycles. The van der Waals surface area contributed by atoms with E-state index in [2.05, 4.69) is 20.8 Å². The van der Waals surface area contributed by atoms with Gasteiger partial charge in [0, 0.05) is 0 Å². The first-order chi connectivity index (χ1) is 10.5. The molecule has 0 radical (unpaired) electrons. The smallest absolute Gasteiger partial charge is 0.339 e. The van der Waals surface area contributed by atoms with Crippen molar-refractivity contribution in [2.75, 3.05) is 0 Å². The number of ether oxygens (including phenoxy) is 1. The Labute approximate surface area is 132 Å². The van der Waals surface area contributed by atoms with Crippen LogP contribution >= 0.6 is 0 Å². The predicted octanol–water partition coefficient (Wildman–Crippen LogP) is 4.54. The quantitative estimate of drug-likeness (QED) is 0.537. The van der Waals surface area contributed by atoms with Crippen LogP contribution in [0.15, 0.2) is 24.3 Å². The van der Waals surface area contributed by atoms with Crippen molar-refractivity contribution >= 4 is 11.9 Å². The van der Waals surface area contributed by atoms with E-state index in [4.69, 9.17) is 9.84 Å². The fraction of sp³-hybridized carbons (Fsp3) is 0.556. The Morgan fingerprint density at radius 1 is 1.14 bits per heavy atom. The number of carbonyl (C=O) groups is 2. The minimum atomic E-state index is -1.11. The van der Waals surface area contributed by atoms with Crippen molar-refractivity contribution in [2.24, 2.45) is 5.92 Å². The van der Waals surface area contributed by atoms with Crippen molar-refractivity contribution in [3.63, 3.8) is 0 Å². The molecular weight excluding hydrogens is 280 g/mol. The Balaban J connectivity index is 2.79. The molecule has 0 spiro atoms. The lowest BCUT2D eigenvalue weighted by Crippen LogP contribution is -2.22. The molecule has 0 aliphatic rings. The monoisotopic (exact) mass is 306 g/mol. The van der Waals surface area contributed by atoms with Gasteiger partial charge in [0.2, 0.25) is 0 Å². The maximum Gasteiger partial charge on any atom is 0.339 e. The zero-order chi connectivity index (χ0) is 16.5. The van der Waals surface area contributed by atoms with Crippen molar-refractivity contribution in [3.8, 4) is 0 Å². The van der Waals surface area contributed by atoms with Crippen molar-refractivity contribution in [2.45, 2.75) is 59.0 Å². The molecule has 0 aliphatic heterocycles. The van der Waals surface area contributed by atoms with Crippen LogP contribution in [0.25, 0.3) is 0 Å². The number of rotatable bonds is 9. The van der Waals surface area contributed by atoms with Gasteiger partial charge in [0.15, 0.2) is 0 Å². The van der Waals surface area contributed by atoms with E-state index < -0.39 is 11.9 Å². The number of hydrogen-bond donors (Lipinski definition) is 1. The van der Waals surface area contributed by atoms with Crippen molar-refractivity contribution < 1.29 is 19.4 Å². The topological polar surface area (TPSA) is 63.6 Å². The summed E-state index contributed by atoms with van der Waals surface area (Å²) in [7, 11) is 0. The highest BCUT2D eigenvalue weighted by Gasteiger charge is 2.21. The molecule has 0 aromatic heterocycles. The SMILES string of the molecule is CCCCC[C@@H](CC(C)C)OC(=O)c1ccccc1C(=O)O. The molecule has 22 heavy (non-hydrogen) atoms. The molecule has 0 saturated heterocycles. The highest BCUT2D eigenvalue weighted by atomic mass is 16.5. The minimum absolute atomic E-state index is 0.00986. The zero-order valence-corrected chi connectivity index (χ0v) is 13.7. The summed E-state index contributed by atoms with van der Waals surface area (Å²) < 4.78 is 5.58. The molecule has 0 saturated carbocycles. The number of unbranched alkanes of at least 4 members (excludes halogenated alkanes) is 2. The van der Waals surface area contributed by atoms with Gasteiger partial charge in [0.05, 0.1) is 11.1 Å². The normalized spacial score (nSPS) is 12.2. The summed E-state index contributed by atoms with van der Waals surface area (Å²) in [5.74, 6) is -1.23. The first-order valence-corrected chi connectivity index (χ1v) is 7.99. The number of carboxylic acid groups (broad SMARTS) is 1. The average Bonchev–Trinajstić information content (AvgIpc) is 2.46. The number of hydrogen-bond acceptors (Lipinski definition) is 3. The van der Waals surface area contributed by atoms with E-state index in [9.17, 15) is 9.59 Å². The largest absolute Gasteiger partial charge is 0.478 e. The van der Waals surface area contributed by atoms with Crippen LogP contribution in [-0.4, -0.2) is 23.1 Å². The van der Waals surface area contributed by atoms with Crippen LogP contribution in [-0.2, 0) is 4.74 Å². The zero-order valence-electron chi connectivity index (χ0n) is 13.7. The minimum Gasteiger partial charge on any atom is -0.478 e. The summed E-state index contributed by atoms with van der Waals surface area (Å²) >= 11 is 0. The third-order valence-corrected chi connectivity index (χ3v) is 3.52. The summed E-state index contributed by atoms with van der Waals surface area (Å²) in [5.41, 5.74) is 0.114. The first kappa shape index (κ1) is 18.2. The van der Waals surface area contributed by atoms with Gasteiger partial charge in [-0.1, -0.05) is 45.7 Å². The van der Waals surface area contributed by atoms with Gasteiger partial charge in [-0.3, -0.25) is 0 Å². The molecular formula is C18H26O4. The van der Waals surface area contributed by atoms with E-state index in [0.29, 0.717) is 5.92 Å². The second-order valence-corrected chi connectivity index (χ2v) is 6.00. The molecule has 1 N–H and O–H groups in total. The Morgan fingerprint density at radius 3 is 2.32 bits per heavy atom. The standard InChI is InChI=1S/C18H26O4/c1-4-5-6-9-14(12-13(2)3)22-18(21)16-11-8-7-10-15(16)17(19)20/h7-8,10-11,13-14H,4-6,9,12H2,1-3H3,(H,19,20)/t14-/m0/s1. The Bertz CT molecular complexity index is 494. The van der Waals surface area contributed by atoms with Gasteiger partial charge >= 0.3 is 11.9 Å².